The maximum absolute atomic E-state index is 11.8. The third-order valence-corrected chi connectivity index (χ3v) is 6.64. The number of amides is 1. The summed E-state index contributed by atoms with van der Waals surface area (Å²) < 4.78 is 6.98. The van der Waals surface area contributed by atoms with E-state index in [2.05, 4.69) is 20.0 Å². The summed E-state index contributed by atoms with van der Waals surface area (Å²) in [7, 11) is -0.0894. The van der Waals surface area contributed by atoms with Gasteiger partial charge in [-0.25, -0.2) is 0 Å². The first-order valence-corrected chi connectivity index (χ1v) is 8.69. The van der Waals surface area contributed by atoms with Gasteiger partial charge in [0.25, 0.3) is 5.91 Å². The summed E-state index contributed by atoms with van der Waals surface area (Å²) in [6.07, 6.45) is 2.37. The molecule has 0 aromatic carbocycles. The second-order valence-electron chi connectivity index (χ2n) is 4.90. The predicted octanol–water partition coefficient (Wildman–Crippen LogP) is 1.14. The molecular weight excluding hydrogens is 208 g/mol. The van der Waals surface area contributed by atoms with E-state index in [9.17, 15) is 4.79 Å². The minimum atomic E-state index is -1.59. The Morgan fingerprint density at radius 1 is 1.60 bits per heavy atom. The van der Waals surface area contributed by atoms with Gasteiger partial charge in [-0.3, -0.25) is 10.5 Å². The summed E-state index contributed by atoms with van der Waals surface area (Å²) >= 11 is 0. The van der Waals surface area contributed by atoms with Crippen molar-refractivity contribution in [2.45, 2.75) is 44.6 Å². The lowest BCUT2D eigenvalue weighted by molar-refractivity contribution is -0.170. The van der Waals surface area contributed by atoms with Crippen molar-refractivity contribution in [1.82, 2.24) is 4.57 Å². The van der Waals surface area contributed by atoms with Crippen LogP contribution in [0.5, 0.6) is 0 Å². The van der Waals surface area contributed by atoms with E-state index >= 15 is 0 Å². The van der Waals surface area contributed by atoms with E-state index in [1.807, 2.05) is 4.57 Å². The molecule has 4 nitrogen and oxygen atoms in total. The Kier molecular flexibility index (Phi) is 3.58. The van der Waals surface area contributed by atoms with Crippen molar-refractivity contribution < 1.29 is 9.53 Å². The lowest BCUT2D eigenvalue weighted by Gasteiger charge is -2.52. The number of nitrogens with zero attached hydrogens (tertiary/aromatic N) is 1. The minimum absolute atomic E-state index is 0.0298. The zero-order valence-electron chi connectivity index (χ0n) is 10.2. The van der Waals surface area contributed by atoms with Crippen LogP contribution in [0.15, 0.2) is 0 Å². The molecule has 15 heavy (non-hydrogen) atoms. The van der Waals surface area contributed by atoms with Gasteiger partial charge in [0.15, 0.2) is 8.24 Å². The van der Waals surface area contributed by atoms with Crippen LogP contribution in [0.1, 0.15) is 19.8 Å². The Bertz CT molecular complexity index is 258. The Morgan fingerprint density at radius 2 is 2.20 bits per heavy atom. The lowest BCUT2D eigenvalue weighted by atomic mass is 10.1. The second-order valence-corrected chi connectivity index (χ2v) is 9.57. The topological polar surface area (TPSA) is 55.6 Å². The fraction of sp³-hybridized carbons (Fsp3) is 0.900. The molecule has 1 fully saturated rings. The number of unbranched alkanes of at least 4 members (excludes halogenated alkanes) is 1. The maximum atomic E-state index is 11.8. The quantitative estimate of drug-likeness (QED) is 0.438. The number of nitrogens with two attached hydrogens (primary N) is 1. The van der Waals surface area contributed by atoms with Crippen molar-refractivity contribution in [2.24, 2.45) is 5.73 Å². The summed E-state index contributed by atoms with van der Waals surface area (Å²) in [4.78, 5) is 11.8. The maximum Gasteiger partial charge on any atom is 0.264 e. The van der Waals surface area contributed by atoms with Gasteiger partial charge in [0.05, 0.1) is 6.54 Å². The second kappa shape index (κ2) is 4.23. The van der Waals surface area contributed by atoms with E-state index in [1.165, 1.54) is 20.0 Å². The van der Waals surface area contributed by atoms with Crippen LogP contribution in [0.25, 0.3) is 0 Å². The van der Waals surface area contributed by atoms with Gasteiger partial charge in [0.1, 0.15) is 0 Å². The number of rotatable bonds is 5. The zero-order chi connectivity index (χ0) is 11.7. The molecule has 1 aliphatic heterocycles. The van der Waals surface area contributed by atoms with Crippen LogP contribution in [-0.2, 0) is 9.53 Å². The molecule has 1 rings (SSSR count). The van der Waals surface area contributed by atoms with Gasteiger partial charge in [0.2, 0.25) is 5.72 Å². The van der Waals surface area contributed by atoms with Gasteiger partial charge in [0, 0.05) is 7.11 Å². The molecule has 1 aliphatic rings. The molecular formula is C10H22N2O2Si. The van der Waals surface area contributed by atoms with Crippen molar-refractivity contribution in [3.8, 4) is 0 Å². The highest BCUT2D eigenvalue weighted by atomic mass is 28.3. The first-order chi connectivity index (χ1) is 6.87. The van der Waals surface area contributed by atoms with E-state index in [0.717, 1.165) is 6.04 Å². The molecule has 0 saturated carbocycles. The van der Waals surface area contributed by atoms with E-state index in [4.69, 9.17) is 10.5 Å². The SMILES string of the molecule is CCCC[Si](C)(C)N1CC(N)(OC)C1=O. The van der Waals surface area contributed by atoms with Crippen LogP contribution in [0.2, 0.25) is 19.1 Å². The van der Waals surface area contributed by atoms with Crippen molar-refractivity contribution in [3.05, 3.63) is 0 Å². The molecule has 5 heteroatoms. The van der Waals surface area contributed by atoms with Crippen LogP contribution in [0, 0.1) is 0 Å². The van der Waals surface area contributed by atoms with Gasteiger partial charge in [-0.15, -0.1) is 0 Å². The lowest BCUT2D eigenvalue weighted by Crippen LogP contribution is -2.78. The van der Waals surface area contributed by atoms with Crippen LogP contribution in [0.3, 0.4) is 0 Å². The van der Waals surface area contributed by atoms with Gasteiger partial charge in [-0.05, 0) is 6.04 Å². The number of hydrogen-bond acceptors (Lipinski definition) is 3. The molecule has 2 N–H and O–H groups in total. The third kappa shape index (κ3) is 2.24. The number of carbonyl (C=O) groups excluding carboxylic acids is 1. The molecule has 0 aromatic rings. The molecule has 1 unspecified atom stereocenters. The minimum Gasteiger partial charge on any atom is -0.361 e. The van der Waals surface area contributed by atoms with Crippen molar-refractivity contribution in [2.75, 3.05) is 13.7 Å². The number of methoxy groups -OCH3 is 1. The molecule has 1 atom stereocenters. The summed E-state index contributed by atoms with van der Waals surface area (Å²) in [5.74, 6) is -0.0298. The zero-order valence-corrected chi connectivity index (χ0v) is 11.2. The van der Waals surface area contributed by atoms with Gasteiger partial charge in [-0.2, -0.15) is 0 Å². The van der Waals surface area contributed by atoms with Crippen molar-refractivity contribution in [1.29, 1.82) is 0 Å². The number of hydrogen-bond donors (Lipinski definition) is 1. The van der Waals surface area contributed by atoms with Gasteiger partial charge < -0.3 is 9.30 Å². The van der Waals surface area contributed by atoms with E-state index in [0.29, 0.717) is 6.54 Å². The normalized spacial score (nSPS) is 26.7. The Morgan fingerprint density at radius 3 is 2.60 bits per heavy atom. The number of carbonyl (C=O) groups is 1. The average molecular weight is 230 g/mol. The Hall–Kier alpha value is -0.393. The van der Waals surface area contributed by atoms with Crippen LogP contribution < -0.4 is 5.73 Å². The highest BCUT2D eigenvalue weighted by Gasteiger charge is 2.54. The summed E-state index contributed by atoms with van der Waals surface area (Å²) in [5, 5.41) is 0. The fourth-order valence-electron chi connectivity index (χ4n) is 1.90. The van der Waals surface area contributed by atoms with Crippen molar-refractivity contribution >= 4 is 14.1 Å². The summed E-state index contributed by atoms with van der Waals surface area (Å²) in [6, 6.07) is 1.15. The fourth-order valence-corrected chi connectivity index (χ4v) is 4.79. The van der Waals surface area contributed by atoms with Crippen LogP contribution in [0.4, 0.5) is 0 Å². The van der Waals surface area contributed by atoms with E-state index < -0.39 is 14.0 Å². The predicted molar refractivity (Wildman–Crippen MR) is 62.8 cm³/mol. The van der Waals surface area contributed by atoms with Gasteiger partial charge >= 0.3 is 0 Å². The number of β-lactam (4-membered cyclic amide) rings is 1. The molecule has 0 bridgehead atoms. The first-order valence-electron chi connectivity index (χ1n) is 5.53. The smallest absolute Gasteiger partial charge is 0.264 e. The summed E-state index contributed by atoms with van der Waals surface area (Å²) in [5.41, 5.74) is 4.74. The first kappa shape index (κ1) is 12.7. The molecule has 1 heterocycles. The van der Waals surface area contributed by atoms with Gasteiger partial charge in [-0.1, -0.05) is 32.9 Å². The molecule has 88 valence electrons. The molecule has 0 radical (unpaired) electrons. The van der Waals surface area contributed by atoms with Crippen molar-refractivity contribution in [3.63, 3.8) is 0 Å². The standard InChI is InChI=1S/C10H22N2O2Si/c1-5-6-7-15(3,4)12-8-10(11,14-2)9(12)13/h5-8,11H2,1-4H3. The molecule has 0 aromatic heterocycles. The molecule has 1 saturated heterocycles. The number of ether oxygens (including phenoxy) is 1. The Balaban J connectivity index is 2.58. The molecule has 0 spiro atoms. The highest BCUT2D eigenvalue weighted by molar-refractivity contribution is 6.77. The third-order valence-electron chi connectivity index (χ3n) is 3.24. The largest absolute Gasteiger partial charge is 0.361 e. The Labute approximate surface area is 92.9 Å². The van der Waals surface area contributed by atoms with Crippen LogP contribution in [-0.4, -0.2) is 38.1 Å². The molecule has 0 aliphatic carbocycles. The van der Waals surface area contributed by atoms with E-state index in [1.54, 1.807) is 0 Å². The highest BCUT2D eigenvalue weighted by Crippen LogP contribution is 2.30. The average Bonchev–Trinajstić information content (AvgIpc) is 2.21. The van der Waals surface area contributed by atoms with Crippen LogP contribution >= 0.6 is 0 Å². The molecule has 1 amide bonds. The monoisotopic (exact) mass is 230 g/mol. The summed E-state index contributed by atoms with van der Waals surface area (Å²) in [6.45, 7) is 7.17. The van der Waals surface area contributed by atoms with E-state index in [-0.39, 0.29) is 5.91 Å².